The second-order valence-corrected chi connectivity index (χ2v) is 8.56. The molecule has 0 bridgehead atoms. The van der Waals surface area contributed by atoms with E-state index in [0.29, 0.717) is 6.54 Å². The summed E-state index contributed by atoms with van der Waals surface area (Å²) in [6.45, 7) is 3.62. The molecule has 0 N–H and O–H groups in total. The SMILES string of the molecule is CC1CCc2c(C(=O)N(C)Cc3cnn(Cc4ccccc4)c3)csc2C1. The summed E-state index contributed by atoms with van der Waals surface area (Å²) >= 11 is 1.75. The van der Waals surface area contributed by atoms with Gasteiger partial charge in [0.05, 0.1) is 18.3 Å². The van der Waals surface area contributed by atoms with Crippen molar-refractivity contribution in [3.63, 3.8) is 0 Å². The molecule has 0 fully saturated rings. The molecule has 1 aliphatic carbocycles. The molecule has 1 atom stereocenters. The van der Waals surface area contributed by atoms with E-state index >= 15 is 0 Å². The van der Waals surface area contributed by atoms with Crippen LogP contribution in [0.4, 0.5) is 0 Å². The maximum atomic E-state index is 13.0. The minimum atomic E-state index is 0.123. The average Bonchev–Trinajstić information content (AvgIpc) is 3.28. The number of benzene rings is 1. The third-order valence-corrected chi connectivity index (χ3v) is 6.32. The first-order chi connectivity index (χ1) is 13.1. The van der Waals surface area contributed by atoms with Gasteiger partial charge < -0.3 is 4.90 Å². The second kappa shape index (κ2) is 7.69. The van der Waals surface area contributed by atoms with E-state index in [0.717, 1.165) is 36.4 Å². The number of carbonyl (C=O) groups is 1. The zero-order valence-corrected chi connectivity index (χ0v) is 16.7. The highest BCUT2D eigenvalue weighted by Gasteiger charge is 2.25. The van der Waals surface area contributed by atoms with Gasteiger partial charge in [0.2, 0.25) is 0 Å². The highest BCUT2D eigenvalue weighted by atomic mass is 32.1. The number of amides is 1. The number of fused-ring (bicyclic) bond motifs is 1. The average molecular weight is 380 g/mol. The molecular weight excluding hydrogens is 354 g/mol. The van der Waals surface area contributed by atoms with Crippen molar-refractivity contribution in [2.45, 2.75) is 39.3 Å². The lowest BCUT2D eigenvalue weighted by Gasteiger charge is -2.21. The van der Waals surface area contributed by atoms with Crippen molar-refractivity contribution in [2.75, 3.05) is 7.05 Å². The first-order valence-corrected chi connectivity index (χ1v) is 10.4. The molecule has 140 valence electrons. The van der Waals surface area contributed by atoms with Crippen molar-refractivity contribution < 1.29 is 4.79 Å². The largest absolute Gasteiger partial charge is 0.337 e. The highest BCUT2D eigenvalue weighted by molar-refractivity contribution is 7.10. The Morgan fingerprint density at radius 3 is 2.93 bits per heavy atom. The van der Waals surface area contributed by atoms with E-state index in [9.17, 15) is 4.79 Å². The zero-order chi connectivity index (χ0) is 18.8. The lowest BCUT2D eigenvalue weighted by atomic mass is 9.88. The fraction of sp³-hybridized carbons (Fsp3) is 0.364. The molecule has 1 unspecified atom stereocenters. The fourth-order valence-corrected chi connectivity index (χ4v) is 4.99. The molecule has 4 rings (SSSR count). The van der Waals surface area contributed by atoms with Gasteiger partial charge in [0, 0.05) is 35.6 Å². The van der Waals surface area contributed by atoms with Crippen LogP contribution in [0.1, 0.15) is 45.3 Å². The Kier molecular flexibility index (Phi) is 5.12. The Balaban J connectivity index is 1.42. The normalized spacial score (nSPS) is 16.1. The Morgan fingerprint density at radius 2 is 2.11 bits per heavy atom. The first kappa shape index (κ1) is 18.0. The van der Waals surface area contributed by atoms with E-state index in [1.54, 1.807) is 11.3 Å². The van der Waals surface area contributed by atoms with Crippen molar-refractivity contribution in [2.24, 2.45) is 5.92 Å². The summed E-state index contributed by atoms with van der Waals surface area (Å²) in [7, 11) is 1.88. The molecule has 1 aromatic carbocycles. The van der Waals surface area contributed by atoms with Crippen LogP contribution in [0.5, 0.6) is 0 Å². The summed E-state index contributed by atoms with van der Waals surface area (Å²) in [6, 6.07) is 10.3. The molecular formula is C22H25N3OS. The van der Waals surface area contributed by atoms with Crippen LogP contribution in [0, 0.1) is 5.92 Å². The van der Waals surface area contributed by atoms with E-state index in [-0.39, 0.29) is 5.91 Å². The number of aromatic nitrogens is 2. The van der Waals surface area contributed by atoms with Gasteiger partial charge in [0.15, 0.2) is 0 Å². The topological polar surface area (TPSA) is 38.1 Å². The van der Waals surface area contributed by atoms with Crippen molar-refractivity contribution in [3.05, 3.63) is 75.2 Å². The number of carbonyl (C=O) groups excluding carboxylic acids is 1. The van der Waals surface area contributed by atoms with Gasteiger partial charge in [-0.1, -0.05) is 37.3 Å². The van der Waals surface area contributed by atoms with Crippen LogP contribution in [0.15, 0.2) is 48.1 Å². The molecule has 27 heavy (non-hydrogen) atoms. The molecule has 2 heterocycles. The summed E-state index contributed by atoms with van der Waals surface area (Å²) in [6.07, 6.45) is 7.21. The van der Waals surface area contributed by atoms with Gasteiger partial charge in [-0.25, -0.2) is 0 Å². The molecule has 1 aliphatic rings. The number of hydrogen-bond acceptors (Lipinski definition) is 3. The van der Waals surface area contributed by atoms with Crippen LogP contribution in [0.25, 0.3) is 0 Å². The van der Waals surface area contributed by atoms with Crippen LogP contribution in [0.3, 0.4) is 0 Å². The molecule has 3 aromatic rings. The molecule has 0 aliphatic heterocycles. The minimum absolute atomic E-state index is 0.123. The Hall–Kier alpha value is -2.40. The van der Waals surface area contributed by atoms with Gasteiger partial charge in [0.25, 0.3) is 5.91 Å². The first-order valence-electron chi connectivity index (χ1n) is 9.50. The van der Waals surface area contributed by atoms with E-state index in [2.05, 4.69) is 29.5 Å². The van der Waals surface area contributed by atoms with Gasteiger partial charge in [0.1, 0.15) is 0 Å². The quantitative estimate of drug-likeness (QED) is 0.659. The summed E-state index contributed by atoms with van der Waals surface area (Å²) < 4.78 is 1.93. The molecule has 0 saturated carbocycles. The Bertz CT molecular complexity index is 928. The Labute approximate surface area is 164 Å². The minimum Gasteiger partial charge on any atom is -0.337 e. The summed E-state index contributed by atoms with van der Waals surface area (Å²) in [4.78, 5) is 16.2. The van der Waals surface area contributed by atoms with Crippen molar-refractivity contribution in [1.82, 2.24) is 14.7 Å². The smallest absolute Gasteiger partial charge is 0.255 e. The van der Waals surface area contributed by atoms with E-state index in [1.165, 1.54) is 22.4 Å². The summed E-state index contributed by atoms with van der Waals surface area (Å²) in [5.74, 6) is 0.852. The number of nitrogens with zero attached hydrogens (tertiary/aromatic N) is 3. The fourth-order valence-electron chi connectivity index (χ4n) is 3.75. The molecule has 5 heteroatoms. The molecule has 0 spiro atoms. The van der Waals surface area contributed by atoms with Crippen LogP contribution >= 0.6 is 11.3 Å². The van der Waals surface area contributed by atoms with Gasteiger partial charge in [-0.3, -0.25) is 9.48 Å². The number of thiophene rings is 1. The van der Waals surface area contributed by atoms with Gasteiger partial charge in [-0.05, 0) is 36.3 Å². The summed E-state index contributed by atoms with van der Waals surface area (Å²) in [5.41, 5.74) is 4.46. The third-order valence-electron chi connectivity index (χ3n) is 5.27. The maximum absolute atomic E-state index is 13.0. The van der Waals surface area contributed by atoms with Crippen LogP contribution in [0.2, 0.25) is 0 Å². The Morgan fingerprint density at radius 1 is 1.30 bits per heavy atom. The van der Waals surface area contributed by atoms with Gasteiger partial charge >= 0.3 is 0 Å². The van der Waals surface area contributed by atoms with Crippen molar-refractivity contribution >= 4 is 17.2 Å². The standard InChI is InChI=1S/C22H25N3OS/c1-16-8-9-19-20(15-27-21(19)10-16)22(26)24(2)12-18-11-23-25(14-18)13-17-6-4-3-5-7-17/h3-7,11,14-16H,8-10,12-13H2,1-2H3. The van der Waals surface area contributed by atoms with E-state index in [1.807, 2.05) is 47.2 Å². The number of hydrogen-bond donors (Lipinski definition) is 0. The molecule has 0 saturated heterocycles. The van der Waals surface area contributed by atoms with Crippen molar-refractivity contribution in [3.8, 4) is 0 Å². The highest BCUT2D eigenvalue weighted by Crippen LogP contribution is 2.33. The summed E-state index contributed by atoms with van der Waals surface area (Å²) in [5, 5.41) is 6.50. The zero-order valence-electron chi connectivity index (χ0n) is 15.9. The lowest BCUT2D eigenvalue weighted by Crippen LogP contribution is -2.27. The molecule has 1 amide bonds. The third kappa shape index (κ3) is 3.98. The van der Waals surface area contributed by atoms with Gasteiger partial charge in [-0.2, -0.15) is 5.10 Å². The van der Waals surface area contributed by atoms with Gasteiger partial charge in [-0.15, -0.1) is 11.3 Å². The van der Waals surface area contributed by atoms with E-state index < -0.39 is 0 Å². The van der Waals surface area contributed by atoms with Crippen LogP contribution in [-0.4, -0.2) is 27.6 Å². The molecule has 4 nitrogen and oxygen atoms in total. The predicted octanol–water partition coefficient (Wildman–Crippen LogP) is 4.39. The van der Waals surface area contributed by atoms with E-state index in [4.69, 9.17) is 0 Å². The molecule has 2 aromatic heterocycles. The second-order valence-electron chi connectivity index (χ2n) is 7.59. The van der Waals surface area contributed by atoms with Crippen LogP contribution in [-0.2, 0) is 25.9 Å². The van der Waals surface area contributed by atoms with Crippen molar-refractivity contribution in [1.29, 1.82) is 0 Å². The molecule has 0 radical (unpaired) electrons. The predicted molar refractivity (Wildman–Crippen MR) is 109 cm³/mol. The number of rotatable bonds is 5. The maximum Gasteiger partial charge on any atom is 0.255 e. The monoisotopic (exact) mass is 379 g/mol. The lowest BCUT2D eigenvalue weighted by molar-refractivity contribution is 0.0784. The van der Waals surface area contributed by atoms with Crippen LogP contribution < -0.4 is 0 Å².